The second-order valence-electron chi connectivity index (χ2n) is 3.37. The van der Waals surface area contributed by atoms with E-state index < -0.39 is 0 Å². The summed E-state index contributed by atoms with van der Waals surface area (Å²) in [7, 11) is 0. The molecule has 1 fully saturated rings. The molecule has 1 nitrogen and oxygen atoms in total. The number of rotatable bonds is 0. The third kappa shape index (κ3) is 1.48. The average Bonchev–Trinajstić information content (AvgIpc) is 1.65. The van der Waals surface area contributed by atoms with Crippen molar-refractivity contribution >= 4 is 0 Å². The fraction of sp³-hybridized carbons (Fsp3) is 1.00. The molecule has 0 unspecified atom stereocenters. The maximum Gasteiger partial charge on any atom is 0.0917 e. The van der Waals surface area contributed by atoms with Gasteiger partial charge in [0.15, 0.2) is 0 Å². The van der Waals surface area contributed by atoms with Crippen LogP contribution in [0.5, 0.6) is 0 Å². The van der Waals surface area contributed by atoms with Crippen LogP contribution in [0.2, 0.25) is 0 Å². The predicted octanol–water partition coefficient (Wildman–Crippen LogP) is 0.951. The molecule has 0 atom stereocenters. The van der Waals surface area contributed by atoms with Gasteiger partial charge in [-0.2, -0.15) is 0 Å². The summed E-state index contributed by atoms with van der Waals surface area (Å²) in [6.07, 6.45) is 6.92. The van der Waals surface area contributed by atoms with E-state index in [1.54, 1.807) is 0 Å². The van der Waals surface area contributed by atoms with Crippen LogP contribution in [0, 0.1) is 0 Å². The highest BCUT2D eigenvalue weighted by atomic mass is 14.7. The van der Waals surface area contributed by atoms with E-state index in [2.05, 4.69) is 12.7 Å². The second-order valence-corrected chi connectivity index (χ2v) is 3.37. The molecule has 1 heteroatoms. The Morgan fingerprint density at radius 3 is 1.88 bits per heavy atom. The van der Waals surface area contributed by atoms with E-state index in [0.29, 0.717) is 5.54 Å². The topological polar surface area (TPSA) is 27.6 Å². The molecule has 0 aromatic heterocycles. The van der Waals surface area contributed by atoms with Gasteiger partial charge in [0.1, 0.15) is 0 Å². The Morgan fingerprint density at radius 1 is 1.12 bits per heavy atom. The van der Waals surface area contributed by atoms with E-state index in [1.807, 2.05) is 0 Å². The summed E-state index contributed by atoms with van der Waals surface area (Å²) in [6, 6.07) is 0. The Bertz CT molecular complexity index is 68.5. The minimum Gasteiger partial charge on any atom is -0.353 e. The van der Waals surface area contributed by atoms with Gasteiger partial charge < -0.3 is 5.73 Å². The third-order valence-corrected chi connectivity index (χ3v) is 2.06. The van der Waals surface area contributed by atoms with Crippen molar-refractivity contribution in [2.45, 2.75) is 44.6 Å². The van der Waals surface area contributed by atoms with Gasteiger partial charge in [-0.1, -0.05) is 6.42 Å². The summed E-state index contributed by atoms with van der Waals surface area (Å²) in [6.45, 7) is 2.27. The van der Waals surface area contributed by atoms with E-state index in [-0.39, 0.29) is 0 Å². The summed E-state index contributed by atoms with van der Waals surface area (Å²) in [5.74, 6) is 0. The molecule has 0 bridgehead atoms. The molecule has 0 saturated heterocycles. The van der Waals surface area contributed by atoms with Gasteiger partial charge in [-0.05, 0) is 19.8 Å². The summed E-state index contributed by atoms with van der Waals surface area (Å²) < 4.78 is 0. The maximum atomic E-state index is 4.13. The number of quaternary nitrogens is 1. The number of hydrogen-bond acceptors (Lipinski definition) is 0. The molecule has 1 saturated carbocycles. The lowest BCUT2D eigenvalue weighted by atomic mass is 9.84. The van der Waals surface area contributed by atoms with Crippen molar-refractivity contribution in [3.63, 3.8) is 0 Å². The van der Waals surface area contributed by atoms with Gasteiger partial charge in [0, 0.05) is 12.8 Å². The van der Waals surface area contributed by atoms with Crippen LogP contribution >= 0.6 is 0 Å². The zero-order valence-corrected chi connectivity index (χ0v) is 5.74. The van der Waals surface area contributed by atoms with E-state index in [0.717, 1.165) is 0 Å². The lowest BCUT2D eigenvalue weighted by Crippen LogP contribution is -2.71. The molecule has 1 aliphatic carbocycles. The molecule has 8 heavy (non-hydrogen) atoms. The van der Waals surface area contributed by atoms with Crippen LogP contribution in [0.4, 0.5) is 0 Å². The lowest BCUT2D eigenvalue weighted by molar-refractivity contribution is -0.478. The second kappa shape index (κ2) is 2.06. The van der Waals surface area contributed by atoms with Gasteiger partial charge >= 0.3 is 0 Å². The molecular formula is C7H16N+. The first-order valence-corrected chi connectivity index (χ1v) is 3.56. The Morgan fingerprint density at radius 2 is 1.62 bits per heavy atom. The Labute approximate surface area is 51.3 Å². The predicted molar refractivity (Wildman–Crippen MR) is 34.4 cm³/mol. The minimum atomic E-state index is 0.429. The van der Waals surface area contributed by atoms with Crippen molar-refractivity contribution < 1.29 is 5.73 Å². The molecule has 48 valence electrons. The van der Waals surface area contributed by atoms with Crippen LogP contribution in [-0.2, 0) is 0 Å². The standard InChI is InChI=1S/C7H15N/c1-7(8)5-3-2-4-6-7/h2-6,8H2,1H3/p+1. The van der Waals surface area contributed by atoms with Crippen molar-refractivity contribution in [1.29, 1.82) is 0 Å². The zero-order chi connectivity index (χ0) is 6.04. The SMILES string of the molecule is CC1([NH3+])CCCCC1. The van der Waals surface area contributed by atoms with Gasteiger partial charge in [-0.15, -0.1) is 0 Å². The van der Waals surface area contributed by atoms with Crippen molar-refractivity contribution in [3.8, 4) is 0 Å². The summed E-state index contributed by atoms with van der Waals surface area (Å²) in [4.78, 5) is 0. The summed E-state index contributed by atoms with van der Waals surface area (Å²) >= 11 is 0. The first-order chi connectivity index (χ1) is 3.71. The average molecular weight is 114 g/mol. The molecular weight excluding hydrogens is 98.1 g/mol. The van der Waals surface area contributed by atoms with Gasteiger partial charge in [0.05, 0.1) is 5.54 Å². The van der Waals surface area contributed by atoms with Crippen LogP contribution in [0.25, 0.3) is 0 Å². The third-order valence-electron chi connectivity index (χ3n) is 2.06. The van der Waals surface area contributed by atoms with Crippen molar-refractivity contribution in [2.24, 2.45) is 0 Å². The van der Waals surface area contributed by atoms with E-state index in [1.165, 1.54) is 32.1 Å². The van der Waals surface area contributed by atoms with Crippen molar-refractivity contribution in [2.75, 3.05) is 0 Å². The van der Waals surface area contributed by atoms with Crippen LogP contribution in [-0.4, -0.2) is 5.54 Å². The lowest BCUT2D eigenvalue weighted by Gasteiger charge is -2.24. The number of hydrogen-bond donors (Lipinski definition) is 1. The van der Waals surface area contributed by atoms with E-state index in [4.69, 9.17) is 0 Å². The fourth-order valence-electron chi connectivity index (χ4n) is 1.41. The highest BCUT2D eigenvalue weighted by Gasteiger charge is 2.24. The van der Waals surface area contributed by atoms with Crippen molar-refractivity contribution in [3.05, 3.63) is 0 Å². The Balaban J connectivity index is 2.33. The summed E-state index contributed by atoms with van der Waals surface area (Å²) in [5.41, 5.74) is 4.56. The fourth-order valence-corrected chi connectivity index (χ4v) is 1.41. The first-order valence-electron chi connectivity index (χ1n) is 3.56. The molecule has 1 rings (SSSR count). The molecule has 0 amide bonds. The van der Waals surface area contributed by atoms with Crippen LogP contribution in [0.3, 0.4) is 0 Å². The van der Waals surface area contributed by atoms with E-state index in [9.17, 15) is 0 Å². The highest BCUT2D eigenvalue weighted by Crippen LogP contribution is 2.22. The van der Waals surface area contributed by atoms with Gasteiger partial charge in [-0.25, -0.2) is 0 Å². The van der Waals surface area contributed by atoms with Gasteiger partial charge in [0.25, 0.3) is 0 Å². The Kier molecular flexibility index (Phi) is 1.57. The first kappa shape index (κ1) is 6.09. The normalized spacial score (nSPS) is 27.8. The monoisotopic (exact) mass is 114 g/mol. The molecule has 0 radical (unpaired) electrons. The smallest absolute Gasteiger partial charge is 0.0917 e. The summed E-state index contributed by atoms with van der Waals surface area (Å²) in [5, 5.41) is 0. The van der Waals surface area contributed by atoms with Crippen LogP contribution in [0.15, 0.2) is 0 Å². The molecule has 3 N–H and O–H groups in total. The van der Waals surface area contributed by atoms with Gasteiger partial charge in [0.2, 0.25) is 0 Å². The van der Waals surface area contributed by atoms with Crippen LogP contribution in [0.1, 0.15) is 39.0 Å². The zero-order valence-electron chi connectivity index (χ0n) is 5.74. The Hall–Kier alpha value is -0.0400. The van der Waals surface area contributed by atoms with Crippen LogP contribution < -0.4 is 5.73 Å². The maximum absolute atomic E-state index is 4.13. The molecule has 1 aliphatic rings. The molecule has 0 spiro atoms. The largest absolute Gasteiger partial charge is 0.353 e. The van der Waals surface area contributed by atoms with Crippen molar-refractivity contribution in [1.82, 2.24) is 0 Å². The minimum absolute atomic E-state index is 0.429. The highest BCUT2D eigenvalue weighted by molar-refractivity contribution is 4.74. The van der Waals surface area contributed by atoms with E-state index >= 15 is 0 Å². The molecule has 0 heterocycles. The quantitative estimate of drug-likeness (QED) is 0.485. The molecule has 0 aromatic rings. The van der Waals surface area contributed by atoms with Gasteiger partial charge in [-0.3, -0.25) is 0 Å². The molecule has 0 aromatic carbocycles. The molecule has 0 aliphatic heterocycles.